The van der Waals surface area contributed by atoms with E-state index in [0.29, 0.717) is 0 Å². The summed E-state index contributed by atoms with van der Waals surface area (Å²) in [6.45, 7) is -2.33. The molecule has 1 N–H and O–H groups in total. The predicted octanol–water partition coefficient (Wildman–Crippen LogP) is 10.5. The van der Waals surface area contributed by atoms with Crippen LogP contribution in [-0.2, 0) is 9.09 Å². The lowest BCUT2D eigenvalue weighted by atomic mass is 9.81. The molecule has 0 bridgehead atoms. The van der Waals surface area contributed by atoms with Gasteiger partial charge in [0.15, 0.2) is 0 Å². The van der Waals surface area contributed by atoms with Crippen molar-refractivity contribution in [1.29, 1.82) is 0 Å². The van der Waals surface area contributed by atoms with E-state index in [1.54, 1.807) is 0 Å². The predicted molar refractivity (Wildman–Crippen MR) is 109 cm³/mol. The minimum atomic E-state index is -10.4. The molecule has 0 heterocycles. The standard InChI is InChI=1S/C20H6F35O4P/c21-4(22,1-3(56)2-59-60(57)58)6(24,25)8(28,29)10(32,33)12(36,37)14(40,41)16(44,45)18(48,49)17(46,47)15(42,43)13(38,39)11(34,35)9(30,31)7(26,27)5(23,19(50,51)52)20(53,54)55/h3,56H,1-2H2. The molecular weight excluding hydrogens is 1000 g/mol. The van der Waals surface area contributed by atoms with Gasteiger partial charge in [-0.1, -0.05) is 0 Å². The summed E-state index contributed by atoms with van der Waals surface area (Å²) in [6.07, 6.45) is -25.3. The fourth-order valence-electron chi connectivity index (χ4n) is 3.76. The van der Waals surface area contributed by atoms with Crippen molar-refractivity contribution in [1.82, 2.24) is 0 Å². The Hall–Kier alpha value is -2.47. The molecule has 60 heavy (non-hydrogen) atoms. The fourth-order valence-corrected chi connectivity index (χ4v) is 4.06. The van der Waals surface area contributed by atoms with Crippen molar-refractivity contribution in [3.63, 3.8) is 0 Å². The highest BCUT2D eigenvalue weighted by Gasteiger charge is 3.02. The molecule has 0 aliphatic carbocycles. The summed E-state index contributed by atoms with van der Waals surface area (Å²) in [5.74, 6) is -138. The monoisotopic (exact) mass is 1010 g/mol. The highest BCUT2D eigenvalue weighted by atomic mass is 31.1. The molecule has 0 saturated heterocycles. The first kappa shape index (κ1) is 57.5. The maximum Gasteiger partial charge on any atom is 0.488 e. The van der Waals surface area contributed by atoms with E-state index < -0.39 is 128 Å². The summed E-state index contributed by atoms with van der Waals surface area (Å²) >= 11 is 0. The van der Waals surface area contributed by atoms with Crippen LogP contribution in [0.1, 0.15) is 6.42 Å². The van der Waals surface area contributed by atoms with Gasteiger partial charge in [0.1, 0.15) is 6.61 Å². The molecule has 0 aromatic carbocycles. The largest absolute Gasteiger partial charge is 0.566 e. The highest BCUT2D eigenvalue weighted by Crippen LogP contribution is 2.70. The van der Waals surface area contributed by atoms with Crippen LogP contribution in [0, 0.1) is 0 Å². The maximum absolute atomic E-state index is 14.0. The number of rotatable bonds is 19. The van der Waals surface area contributed by atoms with E-state index in [0.717, 1.165) is 0 Å². The molecule has 0 aromatic rings. The lowest BCUT2D eigenvalue weighted by Crippen LogP contribution is -2.80. The first-order valence-corrected chi connectivity index (χ1v) is 14.0. The van der Waals surface area contributed by atoms with Gasteiger partial charge in [0, 0.05) is 6.42 Å². The molecule has 0 fully saturated rings. The van der Waals surface area contributed by atoms with Gasteiger partial charge in [0.2, 0.25) is 0 Å². The zero-order valence-corrected chi connectivity index (χ0v) is 26.7. The lowest BCUT2D eigenvalue weighted by Gasteiger charge is -2.47. The Bertz CT molecular complexity index is 1540. The van der Waals surface area contributed by atoms with Crippen molar-refractivity contribution in [3.05, 3.63) is 0 Å². The van der Waals surface area contributed by atoms with Gasteiger partial charge in [-0.3, -0.25) is 0 Å². The van der Waals surface area contributed by atoms with Crippen molar-refractivity contribution in [2.24, 2.45) is 0 Å². The zero-order chi connectivity index (χ0) is 49.8. The normalized spacial score (nSPS) is 17.6. The van der Waals surface area contributed by atoms with Gasteiger partial charge in [-0.25, -0.2) is 4.39 Å². The Morgan fingerprint density at radius 2 is 0.550 bits per heavy atom. The molecule has 2 unspecified atom stereocenters. The van der Waals surface area contributed by atoms with Crippen LogP contribution < -0.4 is 4.89 Å². The van der Waals surface area contributed by atoms with Gasteiger partial charge in [-0.2, -0.15) is 149 Å². The van der Waals surface area contributed by atoms with Gasteiger partial charge in [-0.05, 0) is 4.57 Å². The molecule has 40 heteroatoms. The fraction of sp³-hybridized carbons (Fsp3) is 1.00. The highest BCUT2D eigenvalue weighted by molar-refractivity contribution is 7.30. The van der Waals surface area contributed by atoms with Crippen LogP contribution in [0.4, 0.5) is 154 Å². The van der Waals surface area contributed by atoms with Crippen molar-refractivity contribution in [3.8, 4) is 0 Å². The number of alkyl halides is 35. The topological polar surface area (TPSA) is 69.6 Å². The summed E-state index contributed by atoms with van der Waals surface area (Å²) < 4.78 is 490. The van der Waals surface area contributed by atoms with Crippen LogP contribution >= 0.6 is 8.25 Å². The van der Waals surface area contributed by atoms with Crippen LogP contribution in [0.25, 0.3) is 0 Å². The summed E-state index contributed by atoms with van der Waals surface area (Å²) in [6, 6.07) is 0. The van der Waals surface area contributed by atoms with Crippen molar-refractivity contribution in [2.45, 2.75) is 113 Å². The average molecular weight is 1010 g/mol. The second kappa shape index (κ2) is 14.8. The number of aliphatic hydroxyl groups is 1. The maximum atomic E-state index is 14.0. The number of aliphatic hydroxyl groups excluding tert-OH is 1. The minimum absolute atomic E-state index is 2.33. The van der Waals surface area contributed by atoms with Crippen molar-refractivity contribution >= 4 is 8.25 Å². The molecule has 2 atom stereocenters. The molecular formula is C20H6F35O4P. The molecule has 0 spiro atoms. The summed E-state index contributed by atoms with van der Waals surface area (Å²) in [4.78, 5) is 10.1. The second-order valence-electron chi connectivity index (χ2n) is 11.2. The van der Waals surface area contributed by atoms with Crippen LogP contribution in [-0.4, -0.2) is 119 Å². The summed E-state index contributed by atoms with van der Waals surface area (Å²) in [5, 5.41) is 8.88. The number of hydrogen-bond acceptors (Lipinski definition) is 4. The van der Waals surface area contributed by atoms with E-state index in [-0.39, 0.29) is 0 Å². The van der Waals surface area contributed by atoms with Crippen LogP contribution in [0.2, 0.25) is 0 Å². The third-order valence-corrected chi connectivity index (χ3v) is 7.63. The molecule has 4 nitrogen and oxygen atoms in total. The number of hydrogen-bond donors (Lipinski definition) is 1. The van der Waals surface area contributed by atoms with E-state index in [1.807, 2.05) is 0 Å². The van der Waals surface area contributed by atoms with Crippen LogP contribution in [0.15, 0.2) is 0 Å². The SMILES string of the molecule is O=[P+]([O-])OCC(O)CC(F)(F)C(F)(F)C(F)(F)C(F)(F)C(F)(F)C(F)(F)C(F)(F)C(F)(F)C(F)(F)C(F)(F)C(F)(F)C(F)(F)C(F)(F)C(F)(F)C(F)(C(F)(F)F)C(F)(F)F. The Kier molecular flexibility index (Phi) is 14.2. The molecule has 0 amide bonds. The zero-order valence-electron chi connectivity index (χ0n) is 25.8. The van der Waals surface area contributed by atoms with E-state index in [4.69, 9.17) is 5.11 Å². The van der Waals surface area contributed by atoms with Gasteiger partial charge in [0.05, 0.1) is 6.10 Å². The van der Waals surface area contributed by atoms with E-state index in [9.17, 15) is 163 Å². The van der Waals surface area contributed by atoms with Gasteiger partial charge < -0.3 is 10.00 Å². The molecule has 0 rings (SSSR count). The molecule has 0 radical (unpaired) electrons. The second-order valence-corrected chi connectivity index (χ2v) is 11.9. The third kappa shape index (κ3) is 7.19. The van der Waals surface area contributed by atoms with Crippen molar-refractivity contribution in [2.75, 3.05) is 6.61 Å². The minimum Gasteiger partial charge on any atom is -0.566 e. The number of halogens is 35. The van der Waals surface area contributed by atoms with Crippen molar-refractivity contribution < 1.29 is 173 Å². The van der Waals surface area contributed by atoms with Gasteiger partial charge >= 0.3 is 109 Å². The first-order valence-electron chi connectivity index (χ1n) is 12.9. The summed E-state index contributed by atoms with van der Waals surface area (Å²) in [7, 11) is -4.35. The molecule has 0 aromatic heterocycles. The Balaban J connectivity index is 7.76. The Morgan fingerprint density at radius 1 is 0.367 bits per heavy atom. The average Bonchev–Trinajstić information content (AvgIpc) is 3.00. The van der Waals surface area contributed by atoms with E-state index in [1.165, 1.54) is 0 Å². The van der Waals surface area contributed by atoms with Gasteiger partial charge in [-0.15, -0.1) is 4.52 Å². The third-order valence-electron chi connectivity index (χ3n) is 7.27. The van der Waals surface area contributed by atoms with Crippen LogP contribution in [0.5, 0.6) is 0 Å². The quantitative estimate of drug-likeness (QED) is 0.103. The smallest absolute Gasteiger partial charge is 0.488 e. The molecule has 0 aliphatic heterocycles. The van der Waals surface area contributed by atoms with E-state index >= 15 is 0 Å². The summed E-state index contributed by atoms with van der Waals surface area (Å²) in [5.41, 5.74) is -9.50. The molecule has 360 valence electrons. The first-order chi connectivity index (χ1) is 25.3. The Labute approximate surface area is 302 Å². The Morgan fingerprint density at radius 3 is 0.733 bits per heavy atom. The van der Waals surface area contributed by atoms with Gasteiger partial charge in [0.25, 0.3) is 0 Å². The molecule has 0 aliphatic rings. The van der Waals surface area contributed by atoms with E-state index in [2.05, 4.69) is 4.52 Å². The molecule has 0 saturated carbocycles. The van der Waals surface area contributed by atoms with Crippen LogP contribution in [0.3, 0.4) is 0 Å². The lowest BCUT2D eigenvalue weighted by molar-refractivity contribution is -0.493.